The molecule has 1 aromatic rings. The smallest absolute Gasteiger partial charge is 0.251 e. The van der Waals surface area contributed by atoms with E-state index in [2.05, 4.69) is 24.1 Å². The first-order valence-corrected chi connectivity index (χ1v) is 8.46. The Kier molecular flexibility index (Phi) is 7.36. The van der Waals surface area contributed by atoms with E-state index in [-0.39, 0.29) is 5.91 Å². The molecule has 1 N–H and O–H groups in total. The zero-order chi connectivity index (χ0) is 16.5. The maximum atomic E-state index is 12.1. The Morgan fingerprint density at radius 2 is 1.96 bits per heavy atom. The van der Waals surface area contributed by atoms with Gasteiger partial charge < -0.3 is 14.8 Å². The number of hydrogen-bond acceptors (Lipinski definition) is 4. The highest BCUT2D eigenvalue weighted by molar-refractivity contribution is 5.94. The summed E-state index contributed by atoms with van der Waals surface area (Å²) in [6.07, 6.45) is 0.960. The van der Waals surface area contributed by atoms with Gasteiger partial charge in [-0.3, -0.25) is 9.69 Å². The Bertz CT molecular complexity index is 468. The van der Waals surface area contributed by atoms with Crippen LogP contribution >= 0.6 is 0 Å². The van der Waals surface area contributed by atoms with Gasteiger partial charge in [-0.25, -0.2) is 0 Å². The number of benzene rings is 1. The van der Waals surface area contributed by atoms with Gasteiger partial charge in [0.15, 0.2) is 0 Å². The SMILES string of the molecule is CC(C)COc1ccc(C(=O)NCCCN2CCOCC2)cc1. The van der Waals surface area contributed by atoms with Gasteiger partial charge in [-0.1, -0.05) is 13.8 Å². The van der Waals surface area contributed by atoms with Crippen LogP contribution in [0.15, 0.2) is 24.3 Å². The largest absolute Gasteiger partial charge is 0.493 e. The van der Waals surface area contributed by atoms with Gasteiger partial charge in [-0.05, 0) is 43.1 Å². The Labute approximate surface area is 139 Å². The maximum Gasteiger partial charge on any atom is 0.251 e. The Morgan fingerprint density at radius 1 is 1.26 bits per heavy atom. The average molecular weight is 320 g/mol. The molecular weight excluding hydrogens is 292 g/mol. The highest BCUT2D eigenvalue weighted by Crippen LogP contribution is 2.13. The van der Waals surface area contributed by atoms with Crippen LogP contribution in [0, 0.1) is 5.92 Å². The van der Waals surface area contributed by atoms with Crippen molar-refractivity contribution in [3.8, 4) is 5.75 Å². The van der Waals surface area contributed by atoms with Gasteiger partial charge in [0.25, 0.3) is 5.91 Å². The molecule has 23 heavy (non-hydrogen) atoms. The van der Waals surface area contributed by atoms with Crippen molar-refractivity contribution in [2.24, 2.45) is 5.92 Å². The molecular formula is C18H28N2O3. The lowest BCUT2D eigenvalue weighted by atomic mass is 10.2. The van der Waals surface area contributed by atoms with E-state index in [1.54, 1.807) is 0 Å². The number of carbonyl (C=O) groups excluding carboxylic acids is 1. The van der Waals surface area contributed by atoms with Crippen molar-refractivity contribution in [1.29, 1.82) is 0 Å². The van der Waals surface area contributed by atoms with E-state index in [1.165, 1.54) is 0 Å². The van der Waals surface area contributed by atoms with Crippen LogP contribution in [0.3, 0.4) is 0 Å². The van der Waals surface area contributed by atoms with Gasteiger partial charge in [-0.15, -0.1) is 0 Å². The second-order valence-electron chi connectivity index (χ2n) is 6.29. The number of rotatable bonds is 8. The molecule has 0 saturated carbocycles. The van der Waals surface area contributed by atoms with E-state index >= 15 is 0 Å². The fraction of sp³-hybridized carbons (Fsp3) is 0.611. The molecule has 0 radical (unpaired) electrons. The second-order valence-corrected chi connectivity index (χ2v) is 6.29. The van der Waals surface area contributed by atoms with Crippen LogP contribution in [-0.2, 0) is 4.74 Å². The molecule has 0 atom stereocenters. The van der Waals surface area contributed by atoms with Gasteiger partial charge in [-0.2, -0.15) is 0 Å². The highest BCUT2D eigenvalue weighted by atomic mass is 16.5. The fourth-order valence-electron chi connectivity index (χ4n) is 2.40. The van der Waals surface area contributed by atoms with Crippen molar-refractivity contribution in [2.45, 2.75) is 20.3 Å². The molecule has 0 spiro atoms. The van der Waals surface area contributed by atoms with Crippen LogP contribution in [-0.4, -0.2) is 56.8 Å². The minimum absolute atomic E-state index is 0.0256. The van der Waals surface area contributed by atoms with E-state index in [1.807, 2.05) is 24.3 Å². The van der Waals surface area contributed by atoms with Crippen molar-refractivity contribution in [3.63, 3.8) is 0 Å². The number of ether oxygens (including phenoxy) is 2. The number of nitrogens with zero attached hydrogens (tertiary/aromatic N) is 1. The summed E-state index contributed by atoms with van der Waals surface area (Å²) in [4.78, 5) is 14.5. The average Bonchev–Trinajstić information content (AvgIpc) is 2.58. The monoisotopic (exact) mass is 320 g/mol. The third kappa shape index (κ3) is 6.59. The van der Waals surface area contributed by atoms with Crippen LogP contribution in [0.5, 0.6) is 5.75 Å². The first-order valence-electron chi connectivity index (χ1n) is 8.46. The van der Waals surface area contributed by atoms with Crippen molar-refractivity contribution >= 4 is 5.91 Å². The quantitative estimate of drug-likeness (QED) is 0.746. The third-order valence-electron chi connectivity index (χ3n) is 3.74. The predicted octanol–water partition coefficient (Wildman–Crippen LogP) is 2.17. The maximum absolute atomic E-state index is 12.1. The van der Waals surface area contributed by atoms with Gasteiger partial charge in [0.05, 0.1) is 19.8 Å². The second kappa shape index (κ2) is 9.53. The van der Waals surface area contributed by atoms with E-state index in [0.29, 0.717) is 24.6 Å². The number of nitrogens with one attached hydrogen (secondary N) is 1. The minimum atomic E-state index is -0.0256. The molecule has 0 aliphatic carbocycles. The molecule has 1 heterocycles. The summed E-state index contributed by atoms with van der Waals surface area (Å²) >= 11 is 0. The zero-order valence-electron chi connectivity index (χ0n) is 14.2. The first kappa shape index (κ1) is 17.8. The Hall–Kier alpha value is -1.59. The Balaban J connectivity index is 1.66. The number of hydrogen-bond donors (Lipinski definition) is 1. The minimum Gasteiger partial charge on any atom is -0.493 e. The van der Waals surface area contributed by atoms with Crippen LogP contribution in [0.4, 0.5) is 0 Å². The summed E-state index contributed by atoms with van der Waals surface area (Å²) in [5.74, 6) is 1.27. The molecule has 5 nitrogen and oxygen atoms in total. The molecule has 1 aliphatic rings. The summed E-state index contributed by atoms with van der Waals surface area (Å²) in [6.45, 7) is 10.2. The molecule has 1 amide bonds. The number of carbonyl (C=O) groups is 1. The molecule has 1 aliphatic heterocycles. The number of amides is 1. The van der Waals surface area contributed by atoms with E-state index in [0.717, 1.165) is 45.0 Å². The van der Waals surface area contributed by atoms with Crippen molar-refractivity contribution in [3.05, 3.63) is 29.8 Å². The molecule has 0 aromatic heterocycles. The van der Waals surface area contributed by atoms with E-state index in [4.69, 9.17) is 9.47 Å². The highest BCUT2D eigenvalue weighted by Gasteiger charge is 2.10. The molecule has 0 unspecified atom stereocenters. The molecule has 0 bridgehead atoms. The summed E-state index contributed by atoms with van der Waals surface area (Å²) in [7, 11) is 0. The molecule has 5 heteroatoms. The first-order chi connectivity index (χ1) is 11.1. The van der Waals surface area contributed by atoms with Crippen LogP contribution in [0.25, 0.3) is 0 Å². The van der Waals surface area contributed by atoms with Gasteiger partial charge in [0, 0.05) is 25.2 Å². The molecule has 2 rings (SSSR count). The van der Waals surface area contributed by atoms with Crippen molar-refractivity contribution < 1.29 is 14.3 Å². The topological polar surface area (TPSA) is 50.8 Å². The summed E-state index contributed by atoms with van der Waals surface area (Å²) in [6, 6.07) is 7.33. The number of morpholine rings is 1. The van der Waals surface area contributed by atoms with Crippen LogP contribution < -0.4 is 10.1 Å². The van der Waals surface area contributed by atoms with Gasteiger partial charge in [0.1, 0.15) is 5.75 Å². The van der Waals surface area contributed by atoms with Crippen LogP contribution in [0.2, 0.25) is 0 Å². The normalized spacial score (nSPS) is 15.6. The summed E-state index contributed by atoms with van der Waals surface area (Å²) in [5.41, 5.74) is 0.674. The fourth-order valence-corrected chi connectivity index (χ4v) is 2.40. The molecule has 1 aromatic carbocycles. The van der Waals surface area contributed by atoms with Crippen molar-refractivity contribution in [2.75, 3.05) is 46.0 Å². The van der Waals surface area contributed by atoms with E-state index in [9.17, 15) is 4.79 Å². The lowest BCUT2D eigenvalue weighted by Crippen LogP contribution is -2.38. The lowest BCUT2D eigenvalue weighted by molar-refractivity contribution is 0.0374. The lowest BCUT2D eigenvalue weighted by Gasteiger charge is -2.26. The summed E-state index contributed by atoms with van der Waals surface area (Å²) in [5, 5.41) is 2.97. The Morgan fingerprint density at radius 3 is 2.61 bits per heavy atom. The van der Waals surface area contributed by atoms with Crippen molar-refractivity contribution in [1.82, 2.24) is 10.2 Å². The molecule has 1 fully saturated rings. The van der Waals surface area contributed by atoms with Gasteiger partial charge >= 0.3 is 0 Å². The molecule has 1 saturated heterocycles. The van der Waals surface area contributed by atoms with Gasteiger partial charge in [0.2, 0.25) is 0 Å². The zero-order valence-corrected chi connectivity index (χ0v) is 14.2. The standard InChI is InChI=1S/C18H28N2O3/c1-15(2)14-23-17-6-4-16(5-7-17)18(21)19-8-3-9-20-10-12-22-13-11-20/h4-7,15H,3,8-14H2,1-2H3,(H,19,21). The third-order valence-corrected chi connectivity index (χ3v) is 3.74. The summed E-state index contributed by atoms with van der Waals surface area (Å²) < 4.78 is 10.9. The molecule has 128 valence electrons. The van der Waals surface area contributed by atoms with E-state index < -0.39 is 0 Å². The predicted molar refractivity (Wildman–Crippen MR) is 91.0 cm³/mol. The van der Waals surface area contributed by atoms with Crippen LogP contribution in [0.1, 0.15) is 30.6 Å².